The summed E-state index contributed by atoms with van der Waals surface area (Å²) in [6, 6.07) is 9.02. The van der Waals surface area contributed by atoms with Crippen LogP contribution in [0.15, 0.2) is 30.6 Å². The molecule has 0 spiro atoms. The van der Waals surface area contributed by atoms with Crippen LogP contribution >= 0.6 is 0 Å². The van der Waals surface area contributed by atoms with Gasteiger partial charge in [-0.1, -0.05) is 0 Å². The number of aromatic nitrogens is 2. The van der Waals surface area contributed by atoms with Crippen LogP contribution in [0, 0.1) is 6.07 Å². The highest BCUT2D eigenvalue weighted by Gasteiger charge is 2.20. The fraction of sp³-hybridized carbons (Fsp3) is 0.474. The number of hydrogen-bond acceptors (Lipinski definition) is 4. The summed E-state index contributed by atoms with van der Waals surface area (Å²) >= 11 is 0. The van der Waals surface area contributed by atoms with Crippen molar-refractivity contribution in [1.82, 2.24) is 20.0 Å². The van der Waals surface area contributed by atoms with Gasteiger partial charge in [0.2, 0.25) is 0 Å². The first kappa shape index (κ1) is 17.5. The average molecular weight is 341 g/mol. The molecule has 0 aliphatic carbocycles. The fourth-order valence-electron chi connectivity index (χ4n) is 3.09. The molecule has 1 aliphatic rings. The first-order valence-corrected chi connectivity index (χ1v) is 8.80. The molecular formula is C19H25N4O2. The summed E-state index contributed by atoms with van der Waals surface area (Å²) in [6.07, 6.45) is 6.05. The zero-order valence-corrected chi connectivity index (χ0v) is 14.9. The molecule has 1 N–H and O–H groups in total. The van der Waals surface area contributed by atoms with Crippen molar-refractivity contribution >= 4 is 5.91 Å². The van der Waals surface area contributed by atoms with E-state index in [0.717, 1.165) is 30.6 Å². The maximum absolute atomic E-state index is 12.4. The van der Waals surface area contributed by atoms with Crippen molar-refractivity contribution in [3.63, 3.8) is 0 Å². The molecule has 1 atom stereocenters. The molecule has 25 heavy (non-hydrogen) atoms. The molecule has 0 unspecified atom stereocenters. The Bertz CT molecular complexity index is 707. The first-order chi connectivity index (χ1) is 12.2. The summed E-state index contributed by atoms with van der Waals surface area (Å²) in [4.78, 5) is 14.3. The van der Waals surface area contributed by atoms with Crippen molar-refractivity contribution in [1.29, 1.82) is 0 Å². The van der Waals surface area contributed by atoms with Crippen molar-refractivity contribution in [2.24, 2.45) is 7.05 Å². The fourth-order valence-corrected chi connectivity index (χ4v) is 3.09. The molecule has 133 valence electrons. The molecule has 2 aromatic rings. The number of amides is 1. The molecule has 1 aromatic heterocycles. The van der Waals surface area contributed by atoms with Crippen LogP contribution in [0.1, 0.15) is 19.8 Å². The summed E-state index contributed by atoms with van der Waals surface area (Å²) in [5.74, 6) is 0.660. The van der Waals surface area contributed by atoms with E-state index in [1.54, 1.807) is 16.9 Å². The predicted octanol–water partition coefficient (Wildman–Crippen LogP) is 1.87. The highest BCUT2D eigenvalue weighted by Crippen LogP contribution is 2.23. The maximum Gasteiger partial charge on any atom is 0.260 e. The van der Waals surface area contributed by atoms with E-state index < -0.39 is 0 Å². The summed E-state index contributed by atoms with van der Waals surface area (Å²) in [5.41, 5.74) is 1.97. The molecule has 6 nitrogen and oxygen atoms in total. The Hall–Kier alpha value is -2.34. The van der Waals surface area contributed by atoms with Gasteiger partial charge in [0.25, 0.3) is 5.91 Å². The van der Waals surface area contributed by atoms with E-state index in [9.17, 15) is 4.79 Å². The predicted molar refractivity (Wildman–Crippen MR) is 96.3 cm³/mol. The van der Waals surface area contributed by atoms with Crippen LogP contribution in [0.25, 0.3) is 11.1 Å². The number of ether oxygens (including phenoxy) is 1. The molecule has 0 saturated carbocycles. The van der Waals surface area contributed by atoms with Crippen molar-refractivity contribution in [2.45, 2.75) is 25.8 Å². The zero-order chi connectivity index (χ0) is 17.6. The molecular weight excluding hydrogens is 316 g/mol. The van der Waals surface area contributed by atoms with Gasteiger partial charge in [-0.3, -0.25) is 9.48 Å². The molecule has 0 bridgehead atoms. The number of carbonyl (C=O) groups excluding carboxylic acids is 1. The Balaban J connectivity index is 1.57. The van der Waals surface area contributed by atoms with Crippen LogP contribution in [0.2, 0.25) is 0 Å². The molecule has 6 heteroatoms. The first-order valence-electron chi connectivity index (χ1n) is 8.80. The Morgan fingerprint density at radius 1 is 1.48 bits per heavy atom. The van der Waals surface area contributed by atoms with Gasteiger partial charge in [0, 0.05) is 37.9 Å². The van der Waals surface area contributed by atoms with Crippen molar-refractivity contribution in [3.8, 4) is 16.9 Å². The Labute approximate surface area is 148 Å². The Morgan fingerprint density at radius 3 is 3.04 bits per heavy atom. The number of nitrogens with zero attached hydrogens (tertiary/aromatic N) is 3. The molecule has 2 heterocycles. The minimum atomic E-state index is 0.0166. The second-order valence-electron chi connectivity index (χ2n) is 6.37. The van der Waals surface area contributed by atoms with E-state index in [1.807, 2.05) is 37.2 Å². The topological polar surface area (TPSA) is 59.4 Å². The lowest BCUT2D eigenvalue weighted by atomic mass is 10.1. The molecule has 1 aromatic carbocycles. The molecule has 1 aliphatic heterocycles. The lowest BCUT2D eigenvalue weighted by Crippen LogP contribution is -2.42. The SMILES string of the molecule is CCN(C[C@@H]1CCCN1)C(=O)COc1c[c]cc(-c2cnn(C)c2)c1. The van der Waals surface area contributed by atoms with Gasteiger partial charge in [0.1, 0.15) is 5.75 Å². The number of likely N-dealkylation sites (N-methyl/N-ethyl adjacent to an activating group) is 1. The third-order valence-corrected chi connectivity index (χ3v) is 4.50. The van der Waals surface area contributed by atoms with Gasteiger partial charge in [-0.05, 0) is 56.1 Å². The normalized spacial score (nSPS) is 16.8. The third-order valence-electron chi connectivity index (χ3n) is 4.50. The van der Waals surface area contributed by atoms with Crippen LogP contribution in [-0.2, 0) is 11.8 Å². The second-order valence-corrected chi connectivity index (χ2v) is 6.37. The minimum Gasteiger partial charge on any atom is -0.484 e. The van der Waals surface area contributed by atoms with Crippen molar-refractivity contribution in [3.05, 3.63) is 36.7 Å². The zero-order valence-electron chi connectivity index (χ0n) is 14.9. The summed E-state index contributed by atoms with van der Waals surface area (Å²) in [7, 11) is 1.88. The number of benzene rings is 1. The van der Waals surface area contributed by atoms with Gasteiger partial charge in [-0.25, -0.2) is 0 Å². The summed E-state index contributed by atoms with van der Waals surface area (Å²) in [5, 5.41) is 7.61. The smallest absolute Gasteiger partial charge is 0.260 e. The largest absolute Gasteiger partial charge is 0.484 e. The highest BCUT2D eigenvalue weighted by molar-refractivity contribution is 5.78. The molecule has 3 rings (SSSR count). The lowest BCUT2D eigenvalue weighted by molar-refractivity contribution is -0.133. The van der Waals surface area contributed by atoms with Gasteiger partial charge >= 0.3 is 0 Å². The monoisotopic (exact) mass is 341 g/mol. The number of rotatable bonds is 7. The van der Waals surface area contributed by atoms with Gasteiger partial charge in [0.05, 0.1) is 6.20 Å². The Morgan fingerprint density at radius 2 is 2.36 bits per heavy atom. The van der Waals surface area contributed by atoms with Crippen LogP contribution in [0.5, 0.6) is 5.75 Å². The maximum atomic E-state index is 12.4. The third kappa shape index (κ3) is 4.60. The van der Waals surface area contributed by atoms with Gasteiger partial charge < -0.3 is 15.0 Å². The molecule has 1 radical (unpaired) electrons. The molecule has 1 amide bonds. The summed E-state index contributed by atoms with van der Waals surface area (Å²) < 4.78 is 7.47. The van der Waals surface area contributed by atoms with Gasteiger partial charge in [-0.2, -0.15) is 5.10 Å². The molecule has 1 saturated heterocycles. The van der Waals surface area contributed by atoms with Crippen LogP contribution < -0.4 is 10.1 Å². The highest BCUT2D eigenvalue weighted by atomic mass is 16.5. The number of nitrogens with one attached hydrogen (secondary N) is 1. The lowest BCUT2D eigenvalue weighted by Gasteiger charge is -2.24. The van der Waals surface area contributed by atoms with Gasteiger partial charge in [-0.15, -0.1) is 0 Å². The van der Waals surface area contributed by atoms with Crippen molar-refractivity contribution in [2.75, 3.05) is 26.2 Å². The van der Waals surface area contributed by atoms with Crippen LogP contribution in [0.4, 0.5) is 0 Å². The number of aryl methyl sites for hydroxylation is 1. The summed E-state index contributed by atoms with van der Waals surface area (Å²) in [6.45, 7) is 4.54. The number of carbonyl (C=O) groups is 1. The number of hydrogen-bond donors (Lipinski definition) is 1. The molecule has 1 fully saturated rings. The van der Waals surface area contributed by atoms with Gasteiger partial charge in [0.15, 0.2) is 6.61 Å². The van der Waals surface area contributed by atoms with Crippen molar-refractivity contribution < 1.29 is 9.53 Å². The average Bonchev–Trinajstić information content (AvgIpc) is 3.29. The van der Waals surface area contributed by atoms with E-state index >= 15 is 0 Å². The van der Waals surface area contributed by atoms with Crippen LogP contribution in [0.3, 0.4) is 0 Å². The van der Waals surface area contributed by atoms with E-state index in [2.05, 4.69) is 16.5 Å². The van der Waals surface area contributed by atoms with E-state index in [4.69, 9.17) is 4.74 Å². The Kier molecular flexibility index (Phi) is 5.71. The van der Waals surface area contributed by atoms with E-state index in [0.29, 0.717) is 18.3 Å². The quantitative estimate of drug-likeness (QED) is 0.835. The standard InChI is InChI=1S/C19H25N4O2/c1-3-23(13-17-7-5-9-20-17)19(24)14-25-18-8-4-6-15(10-18)16-11-21-22(2)12-16/h6,8,10-12,17,20H,3,5,7,9,13-14H2,1-2H3/t17-/m0/s1. The minimum absolute atomic E-state index is 0.0166. The van der Waals surface area contributed by atoms with Crippen LogP contribution in [-0.4, -0.2) is 52.9 Å². The second kappa shape index (κ2) is 8.16. The van der Waals surface area contributed by atoms with E-state index in [-0.39, 0.29) is 12.5 Å². The van der Waals surface area contributed by atoms with E-state index in [1.165, 1.54) is 6.42 Å².